The van der Waals surface area contributed by atoms with Gasteiger partial charge in [0.1, 0.15) is 5.69 Å². The van der Waals surface area contributed by atoms with Gasteiger partial charge in [0.2, 0.25) is 0 Å². The lowest BCUT2D eigenvalue weighted by Gasteiger charge is -2.16. The summed E-state index contributed by atoms with van der Waals surface area (Å²) in [6, 6.07) is 22.7. The average Bonchev–Trinajstić information content (AvgIpc) is 3.31. The first-order valence-electron chi connectivity index (χ1n) is 11.8. The summed E-state index contributed by atoms with van der Waals surface area (Å²) in [6.45, 7) is 1.76. The molecule has 1 aliphatic rings. The molecule has 188 valence electrons. The van der Waals surface area contributed by atoms with Crippen molar-refractivity contribution >= 4 is 34.5 Å². The molecule has 0 N–H and O–H groups in total. The zero-order valence-electron chi connectivity index (χ0n) is 20.5. The number of imide groups is 1. The number of hydrogen-bond acceptors (Lipinski definition) is 6. The first-order chi connectivity index (χ1) is 18.4. The molecule has 0 unspecified atom stereocenters. The van der Waals surface area contributed by atoms with Gasteiger partial charge in [0, 0.05) is 7.05 Å². The number of rotatable bonds is 5. The zero-order valence-corrected chi connectivity index (χ0v) is 21.3. The topological polar surface area (TPSA) is 99.2 Å². The van der Waals surface area contributed by atoms with E-state index in [2.05, 4.69) is 4.98 Å². The van der Waals surface area contributed by atoms with Crippen molar-refractivity contribution < 1.29 is 9.59 Å². The van der Waals surface area contributed by atoms with E-state index in [0.29, 0.717) is 33.4 Å². The van der Waals surface area contributed by atoms with Crippen LogP contribution in [0.2, 0.25) is 0 Å². The molecule has 0 saturated heterocycles. The van der Waals surface area contributed by atoms with Crippen molar-refractivity contribution in [3.63, 3.8) is 0 Å². The van der Waals surface area contributed by atoms with Crippen molar-refractivity contribution in [2.75, 3.05) is 5.88 Å². The summed E-state index contributed by atoms with van der Waals surface area (Å²) in [5, 5.41) is 0.558. The third-order valence-corrected chi connectivity index (χ3v) is 7.61. The van der Waals surface area contributed by atoms with E-state index >= 15 is 0 Å². The van der Waals surface area contributed by atoms with Crippen LogP contribution in [0.25, 0.3) is 22.3 Å². The van der Waals surface area contributed by atoms with E-state index < -0.39 is 22.9 Å². The SMILES string of the molecule is Cc1c(-n2c(SCN3C(=O)c4ccccc4C3=O)nc3ccccc3c2=O)c(=O)n(-c2ccccc2)n1C. The van der Waals surface area contributed by atoms with Gasteiger partial charge in [0.05, 0.1) is 39.3 Å². The average molecular weight is 524 g/mol. The molecule has 6 rings (SSSR count). The summed E-state index contributed by atoms with van der Waals surface area (Å²) in [5.74, 6) is -0.888. The van der Waals surface area contributed by atoms with Crippen LogP contribution in [-0.2, 0) is 7.05 Å². The quantitative estimate of drug-likeness (QED) is 0.199. The summed E-state index contributed by atoms with van der Waals surface area (Å²) < 4.78 is 4.47. The number of aromatic nitrogens is 4. The van der Waals surface area contributed by atoms with Gasteiger partial charge in [0.15, 0.2) is 5.16 Å². The summed E-state index contributed by atoms with van der Waals surface area (Å²) in [7, 11) is 1.75. The fourth-order valence-corrected chi connectivity index (χ4v) is 5.64. The Bertz CT molecular complexity index is 1850. The second-order valence-electron chi connectivity index (χ2n) is 8.82. The van der Waals surface area contributed by atoms with Gasteiger partial charge in [-0.2, -0.15) is 0 Å². The second-order valence-corrected chi connectivity index (χ2v) is 9.73. The maximum atomic E-state index is 13.8. The molecule has 10 heteroatoms. The molecule has 3 heterocycles. The Balaban J connectivity index is 1.50. The van der Waals surface area contributed by atoms with Crippen molar-refractivity contribution in [1.82, 2.24) is 23.8 Å². The molecule has 0 bridgehead atoms. The van der Waals surface area contributed by atoms with E-state index in [1.807, 2.05) is 30.3 Å². The van der Waals surface area contributed by atoms with E-state index in [0.717, 1.165) is 16.7 Å². The number of thioether (sulfide) groups is 1. The molecule has 0 saturated carbocycles. The predicted molar refractivity (Wildman–Crippen MR) is 144 cm³/mol. The Labute approximate surface area is 220 Å². The molecule has 0 spiro atoms. The third-order valence-electron chi connectivity index (χ3n) is 6.69. The smallest absolute Gasteiger partial charge is 0.283 e. The lowest BCUT2D eigenvalue weighted by atomic mass is 10.1. The molecule has 0 radical (unpaired) electrons. The van der Waals surface area contributed by atoms with E-state index in [9.17, 15) is 19.2 Å². The Kier molecular flexibility index (Phi) is 5.61. The Morgan fingerprint density at radius 3 is 2.05 bits per heavy atom. The summed E-state index contributed by atoms with van der Waals surface area (Å²) in [4.78, 5) is 59.3. The number of fused-ring (bicyclic) bond motifs is 2. The van der Waals surface area contributed by atoms with Gasteiger partial charge in [-0.15, -0.1) is 0 Å². The van der Waals surface area contributed by atoms with Crippen LogP contribution < -0.4 is 11.1 Å². The molecule has 2 aromatic heterocycles. The van der Waals surface area contributed by atoms with E-state index in [1.54, 1.807) is 67.2 Å². The second kappa shape index (κ2) is 9.00. The van der Waals surface area contributed by atoms with Gasteiger partial charge < -0.3 is 0 Å². The number of hydrogen-bond donors (Lipinski definition) is 0. The maximum Gasteiger partial charge on any atom is 0.296 e. The van der Waals surface area contributed by atoms with Crippen molar-refractivity contribution in [3.8, 4) is 11.4 Å². The third kappa shape index (κ3) is 3.52. The molecular formula is C28H21N5O4S. The van der Waals surface area contributed by atoms with Crippen LogP contribution in [0.15, 0.2) is 93.6 Å². The molecule has 5 aromatic rings. The molecule has 0 fully saturated rings. The van der Waals surface area contributed by atoms with Gasteiger partial charge >= 0.3 is 0 Å². The zero-order chi connectivity index (χ0) is 26.6. The van der Waals surface area contributed by atoms with Gasteiger partial charge in [0.25, 0.3) is 22.9 Å². The number of para-hydroxylation sites is 2. The number of carbonyl (C=O) groups excluding carboxylic acids is 2. The molecule has 1 aliphatic heterocycles. The van der Waals surface area contributed by atoms with Crippen molar-refractivity contribution in [3.05, 3.63) is 116 Å². The molecule has 38 heavy (non-hydrogen) atoms. The molecule has 3 aromatic carbocycles. The van der Waals surface area contributed by atoms with E-state index in [4.69, 9.17) is 0 Å². The molecule has 2 amide bonds. The van der Waals surface area contributed by atoms with Gasteiger partial charge in [-0.05, 0) is 43.3 Å². The molecule has 9 nitrogen and oxygen atoms in total. The number of amides is 2. The van der Waals surface area contributed by atoms with Crippen LogP contribution in [0, 0.1) is 6.92 Å². The normalized spacial score (nSPS) is 12.9. The minimum Gasteiger partial charge on any atom is -0.283 e. The highest BCUT2D eigenvalue weighted by Crippen LogP contribution is 2.28. The van der Waals surface area contributed by atoms with Gasteiger partial charge in [-0.3, -0.25) is 28.8 Å². The Morgan fingerprint density at radius 2 is 1.37 bits per heavy atom. The summed E-state index contributed by atoms with van der Waals surface area (Å²) in [6.07, 6.45) is 0. The van der Waals surface area contributed by atoms with E-state index in [-0.39, 0.29) is 16.7 Å². The van der Waals surface area contributed by atoms with Crippen LogP contribution in [0.1, 0.15) is 26.4 Å². The van der Waals surface area contributed by atoms with Crippen LogP contribution in [0.3, 0.4) is 0 Å². The van der Waals surface area contributed by atoms with Crippen LogP contribution in [-0.4, -0.2) is 41.5 Å². The fourth-order valence-electron chi connectivity index (χ4n) is 4.70. The standard InChI is InChI=1S/C28H21N5O4S/c1-17-23(27(37)33(30(17)2)18-10-4-3-5-11-18)32-26(36)21-14-8-9-15-22(21)29-28(32)38-16-31-24(34)19-12-6-7-13-20(19)25(31)35/h3-15H,16H2,1-2H3. The van der Waals surface area contributed by atoms with Crippen molar-refractivity contribution in [1.29, 1.82) is 0 Å². The molecule has 0 aliphatic carbocycles. The lowest BCUT2D eigenvalue weighted by Crippen LogP contribution is -2.31. The lowest BCUT2D eigenvalue weighted by molar-refractivity contribution is 0.0684. The highest BCUT2D eigenvalue weighted by atomic mass is 32.2. The first kappa shape index (κ1) is 23.7. The molecular weight excluding hydrogens is 502 g/mol. The van der Waals surface area contributed by atoms with Crippen molar-refractivity contribution in [2.45, 2.75) is 12.1 Å². The first-order valence-corrected chi connectivity index (χ1v) is 12.8. The van der Waals surface area contributed by atoms with Crippen molar-refractivity contribution in [2.24, 2.45) is 7.05 Å². The maximum absolute atomic E-state index is 13.8. The number of benzene rings is 3. The Hall–Kier alpha value is -4.70. The minimum atomic E-state index is -0.411. The Morgan fingerprint density at radius 1 is 0.763 bits per heavy atom. The minimum absolute atomic E-state index is 0.0735. The largest absolute Gasteiger partial charge is 0.296 e. The van der Waals surface area contributed by atoms with Crippen LogP contribution in [0.5, 0.6) is 0 Å². The highest BCUT2D eigenvalue weighted by Gasteiger charge is 2.35. The predicted octanol–water partition coefficient (Wildman–Crippen LogP) is 3.53. The van der Waals surface area contributed by atoms with E-state index in [1.165, 1.54) is 9.25 Å². The van der Waals surface area contributed by atoms with Crippen LogP contribution in [0.4, 0.5) is 0 Å². The van der Waals surface area contributed by atoms with Gasteiger partial charge in [-0.25, -0.2) is 14.2 Å². The highest BCUT2D eigenvalue weighted by molar-refractivity contribution is 7.99. The molecule has 0 atom stereocenters. The summed E-state index contributed by atoms with van der Waals surface area (Å²) >= 11 is 1.05. The fraction of sp³-hybridized carbons (Fsp3) is 0.107. The summed E-state index contributed by atoms with van der Waals surface area (Å²) in [5.41, 5.74) is 1.69. The number of carbonyl (C=O) groups is 2. The monoisotopic (exact) mass is 523 g/mol. The van der Waals surface area contributed by atoms with Crippen LogP contribution >= 0.6 is 11.8 Å². The van der Waals surface area contributed by atoms with Gasteiger partial charge in [-0.1, -0.05) is 54.2 Å². The number of nitrogens with zero attached hydrogens (tertiary/aromatic N) is 5.